The number of carbonyl (C=O) groups excluding carboxylic acids is 2. The minimum absolute atomic E-state index is 0.000545. The van der Waals surface area contributed by atoms with E-state index >= 15 is 0 Å². The van der Waals surface area contributed by atoms with E-state index in [-0.39, 0.29) is 33.6 Å². The molecular weight excluding hydrogens is 438 g/mol. The molecule has 0 bridgehead atoms. The number of benzene rings is 2. The topological polar surface area (TPSA) is 69.6 Å². The number of likely N-dealkylation sites (tertiary alicyclic amines) is 1. The summed E-state index contributed by atoms with van der Waals surface area (Å²) >= 11 is 5.90. The highest BCUT2D eigenvalue weighted by Gasteiger charge is 2.48. The van der Waals surface area contributed by atoms with E-state index < -0.39 is 17.3 Å². The van der Waals surface area contributed by atoms with Crippen molar-refractivity contribution in [2.45, 2.75) is 37.7 Å². The molecule has 5 nitrogen and oxygen atoms in total. The third-order valence-electron chi connectivity index (χ3n) is 6.92. The lowest BCUT2D eigenvalue weighted by atomic mass is 9.62. The van der Waals surface area contributed by atoms with Crippen LogP contribution in [0.1, 0.15) is 43.2 Å². The van der Waals surface area contributed by atoms with Crippen molar-refractivity contribution in [2.24, 2.45) is 5.41 Å². The van der Waals surface area contributed by atoms with Gasteiger partial charge in [-0.3, -0.25) is 9.59 Å². The fourth-order valence-electron chi connectivity index (χ4n) is 5.05. The van der Waals surface area contributed by atoms with Crippen LogP contribution < -0.4 is 5.32 Å². The minimum Gasteiger partial charge on any atom is -0.376 e. The molecule has 0 unspecified atom stereocenters. The summed E-state index contributed by atoms with van der Waals surface area (Å²) in [5.74, 6) is -1.52. The number of piperidine rings is 2. The number of nitrogens with zero attached hydrogens (tertiary/aromatic N) is 1. The average Bonchev–Trinajstić information content (AvgIpc) is 2.74. The fourth-order valence-corrected chi connectivity index (χ4v) is 5.27. The van der Waals surface area contributed by atoms with E-state index in [1.165, 1.54) is 25.1 Å². The Hall–Kier alpha value is -2.51. The van der Waals surface area contributed by atoms with Crippen LogP contribution in [0.25, 0.3) is 0 Å². The van der Waals surface area contributed by atoms with Gasteiger partial charge in [0, 0.05) is 37.0 Å². The van der Waals surface area contributed by atoms with E-state index in [1.54, 1.807) is 17.0 Å². The molecule has 8 heteroatoms. The van der Waals surface area contributed by atoms with Gasteiger partial charge in [-0.25, -0.2) is 8.78 Å². The summed E-state index contributed by atoms with van der Waals surface area (Å²) in [6.07, 6.45) is 1.45. The normalized spacial score (nSPS) is 22.3. The molecule has 2 heterocycles. The molecule has 32 heavy (non-hydrogen) atoms. The molecule has 0 radical (unpaired) electrons. The van der Waals surface area contributed by atoms with E-state index in [1.807, 2.05) is 0 Å². The Morgan fingerprint density at radius 3 is 2.44 bits per heavy atom. The lowest BCUT2D eigenvalue weighted by molar-refractivity contribution is -0.154. The molecule has 2 aliphatic rings. The Morgan fingerprint density at radius 1 is 1.16 bits per heavy atom. The van der Waals surface area contributed by atoms with Gasteiger partial charge in [-0.1, -0.05) is 23.7 Å². The second kappa shape index (κ2) is 8.45. The van der Waals surface area contributed by atoms with Crippen LogP contribution in [0.5, 0.6) is 0 Å². The molecular formula is C24H25ClF2N2O3. The van der Waals surface area contributed by atoms with Gasteiger partial charge in [0.25, 0.3) is 5.91 Å². The number of nitrogens with one attached hydrogen (secondary N) is 1. The molecule has 0 saturated carbocycles. The van der Waals surface area contributed by atoms with E-state index in [9.17, 15) is 23.5 Å². The van der Waals surface area contributed by atoms with E-state index in [0.717, 1.165) is 17.7 Å². The molecule has 2 amide bonds. The third-order valence-corrected chi connectivity index (χ3v) is 7.13. The van der Waals surface area contributed by atoms with E-state index in [0.29, 0.717) is 38.9 Å². The molecule has 2 saturated heterocycles. The Balaban J connectivity index is 1.54. The SMILES string of the molecule is C[C@](O)(C(=O)N1CCC2(CC1)CC(=O)NC[C@H]2c1ccc(F)cc1)c1cc(F)cc(Cl)c1. The lowest BCUT2D eigenvalue weighted by Gasteiger charge is -2.49. The largest absolute Gasteiger partial charge is 0.376 e. The van der Waals surface area contributed by atoms with Gasteiger partial charge >= 0.3 is 0 Å². The van der Waals surface area contributed by atoms with Gasteiger partial charge in [0.05, 0.1) is 0 Å². The van der Waals surface area contributed by atoms with Crippen LogP contribution in [0.4, 0.5) is 8.78 Å². The molecule has 2 N–H and O–H groups in total. The van der Waals surface area contributed by atoms with Crippen molar-refractivity contribution < 1.29 is 23.5 Å². The molecule has 0 aliphatic carbocycles. The molecule has 2 aromatic carbocycles. The van der Waals surface area contributed by atoms with Crippen LogP contribution >= 0.6 is 11.6 Å². The number of halogens is 3. The van der Waals surface area contributed by atoms with Gasteiger partial charge in [-0.15, -0.1) is 0 Å². The second-order valence-corrected chi connectivity index (χ2v) is 9.41. The highest BCUT2D eigenvalue weighted by molar-refractivity contribution is 6.30. The molecule has 0 aromatic heterocycles. The minimum atomic E-state index is -1.93. The first-order valence-electron chi connectivity index (χ1n) is 10.6. The van der Waals surface area contributed by atoms with Gasteiger partial charge in [-0.05, 0) is 66.6 Å². The summed E-state index contributed by atoms with van der Waals surface area (Å²) in [4.78, 5) is 27.0. The number of hydrogen-bond donors (Lipinski definition) is 2. The predicted octanol–water partition coefficient (Wildman–Crippen LogP) is 3.74. The van der Waals surface area contributed by atoms with Gasteiger partial charge < -0.3 is 15.3 Å². The maximum atomic E-state index is 13.8. The van der Waals surface area contributed by atoms with Crippen molar-refractivity contribution in [3.8, 4) is 0 Å². The fraction of sp³-hybridized carbons (Fsp3) is 0.417. The zero-order valence-electron chi connectivity index (χ0n) is 17.7. The van der Waals surface area contributed by atoms with Crippen LogP contribution in [0.2, 0.25) is 5.02 Å². The van der Waals surface area contributed by atoms with Crippen molar-refractivity contribution in [2.75, 3.05) is 19.6 Å². The van der Waals surface area contributed by atoms with Crippen LogP contribution in [0.3, 0.4) is 0 Å². The Kier molecular flexibility index (Phi) is 5.98. The molecule has 2 aliphatic heterocycles. The molecule has 170 valence electrons. The number of aliphatic hydroxyl groups is 1. The Labute approximate surface area is 190 Å². The van der Waals surface area contributed by atoms with Crippen molar-refractivity contribution in [1.29, 1.82) is 0 Å². The first-order valence-corrected chi connectivity index (χ1v) is 11.0. The van der Waals surface area contributed by atoms with Gasteiger partial charge in [-0.2, -0.15) is 0 Å². The monoisotopic (exact) mass is 462 g/mol. The zero-order chi connectivity index (χ0) is 23.1. The quantitative estimate of drug-likeness (QED) is 0.730. The molecule has 4 rings (SSSR count). The van der Waals surface area contributed by atoms with Crippen molar-refractivity contribution in [3.63, 3.8) is 0 Å². The van der Waals surface area contributed by atoms with Crippen molar-refractivity contribution in [1.82, 2.24) is 10.2 Å². The highest BCUT2D eigenvalue weighted by atomic mass is 35.5. The Morgan fingerprint density at radius 2 is 1.81 bits per heavy atom. The number of carbonyl (C=O) groups is 2. The van der Waals surface area contributed by atoms with Crippen LogP contribution in [0, 0.1) is 17.0 Å². The zero-order valence-corrected chi connectivity index (χ0v) is 18.5. The smallest absolute Gasteiger partial charge is 0.258 e. The average molecular weight is 463 g/mol. The number of rotatable bonds is 3. The van der Waals surface area contributed by atoms with Gasteiger partial charge in [0.2, 0.25) is 5.91 Å². The van der Waals surface area contributed by atoms with Crippen molar-refractivity contribution in [3.05, 3.63) is 70.2 Å². The third kappa shape index (κ3) is 4.24. The van der Waals surface area contributed by atoms with Crippen LogP contribution in [0.15, 0.2) is 42.5 Å². The standard InChI is InChI=1S/C24H25ClF2N2O3/c1-23(32,16-10-17(25)12-19(27)11-16)22(31)29-8-6-24(7-9-29)13-21(30)28-14-20(24)15-2-4-18(26)5-3-15/h2-5,10-12,20,32H,6-9,13-14H2,1H3,(H,28,30)/t20-,23+/m0/s1. The molecule has 2 fully saturated rings. The summed E-state index contributed by atoms with van der Waals surface area (Å²) in [5.41, 5.74) is -1.25. The molecule has 1 spiro atoms. The summed E-state index contributed by atoms with van der Waals surface area (Å²) in [7, 11) is 0. The summed E-state index contributed by atoms with van der Waals surface area (Å²) < 4.78 is 27.2. The summed E-state index contributed by atoms with van der Waals surface area (Å²) in [6, 6.07) is 9.92. The first kappa shape index (κ1) is 22.7. The number of amides is 2. The maximum Gasteiger partial charge on any atom is 0.258 e. The van der Waals surface area contributed by atoms with Gasteiger partial charge in [0.15, 0.2) is 5.60 Å². The molecule has 2 atom stereocenters. The summed E-state index contributed by atoms with van der Waals surface area (Å²) in [5, 5.41) is 13.9. The van der Waals surface area contributed by atoms with E-state index in [4.69, 9.17) is 11.6 Å². The number of hydrogen-bond acceptors (Lipinski definition) is 3. The van der Waals surface area contributed by atoms with Crippen LogP contribution in [-0.4, -0.2) is 41.5 Å². The molecule has 2 aromatic rings. The first-order chi connectivity index (χ1) is 15.1. The second-order valence-electron chi connectivity index (χ2n) is 8.97. The Bertz CT molecular complexity index is 1010. The highest BCUT2D eigenvalue weighted by Crippen LogP contribution is 2.49. The van der Waals surface area contributed by atoms with Crippen molar-refractivity contribution >= 4 is 23.4 Å². The lowest BCUT2D eigenvalue weighted by Crippen LogP contribution is -2.55. The predicted molar refractivity (Wildman–Crippen MR) is 116 cm³/mol. The van der Waals surface area contributed by atoms with E-state index in [2.05, 4.69) is 5.32 Å². The van der Waals surface area contributed by atoms with Gasteiger partial charge in [0.1, 0.15) is 11.6 Å². The van der Waals surface area contributed by atoms with Crippen LogP contribution in [-0.2, 0) is 15.2 Å². The maximum absolute atomic E-state index is 13.8. The summed E-state index contributed by atoms with van der Waals surface area (Å²) in [6.45, 7) is 2.49.